The molecule has 2 N–H and O–H groups in total. The summed E-state index contributed by atoms with van der Waals surface area (Å²) < 4.78 is 34.8. The maximum Gasteiger partial charge on any atom is 0.338 e. The van der Waals surface area contributed by atoms with E-state index < -0.39 is 106 Å². The van der Waals surface area contributed by atoms with Crippen molar-refractivity contribution in [2.75, 3.05) is 26.4 Å². The third kappa shape index (κ3) is 4.50. The monoisotopic (exact) mass is 724 g/mol. The van der Waals surface area contributed by atoms with E-state index in [1.165, 1.54) is 0 Å². The molecule has 2 saturated carbocycles. The highest BCUT2D eigenvalue weighted by atomic mass is 16.6. The minimum absolute atomic E-state index is 0.316. The van der Waals surface area contributed by atoms with E-state index in [4.69, 9.17) is 28.4 Å². The Hall–Kier alpha value is -3.72. The number of esters is 4. The van der Waals surface area contributed by atoms with Crippen molar-refractivity contribution in [1.82, 2.24) is 0 Å². The summed E-state index contributed by atoms with van der Waals surface area (Å²) in [5.74, 6) is -9.37. The first-order valence-corrected chi connectivity index (χ1v) is 18.6. The Morgan fingerprint density at radius 1 is 0.500 bits per heavy atom. The van der Waals surface area contributed by atoms with Crippen LogP contribution in [0.5, 0.6) is 0 Å². The summed E-state index contributed by atoms with van der Waals surface area (Å²) in [4.78, 5) is 82.1. The third-order valence-electron chi connectivity index (χ3n) is 13.8. The zero-order valence-electron chi connectivity index (χ0n) is 28.8. The Bertz CT molecular complexity index is 1510. The van der Waals surface area contributed by atoms with Gasteiger partial charge >= 0.3 is 35.8 Å². The van der Waals surface area contributed by atoms with Crippen LogP contribution < -0.4 is 0 Å². The Labute approximate surface area is 299 Å². The molecule has 0 aromatic rings. The summed E-state index contributed by atoms with van der Waals surface area (Å²) in [6, 6.07) is 0. The van der Waals surface area contributed by atoms with Gasteiger partial charge in [-0.3, -0.25) is 19.2 Å². The van der Waals surface area contributed by atoms with E-state index >= 15 is 0 Å². The molecule has 4 aliphatic carbocycles. The number of allylic oxidation sites excluding steroid dienone is 4. The summed E-state index contributed by atoms with van der Waals surface area (Å²) in [6.45, 7) is 1.31. The van der Waals surface area contributed by atoms with E-state index in [2.05, 4.69) is 0 Å². The molecular formula is C38H44O14. The third-order valence-corrected chi connectivity index (χ3v) is 13.8. The highest BCUT2D eigenvalue weighted by Gasteiger charge is 2.81. The van der Waals surface area contributed by atoms with Crippen molar-refractivity contribution in [3.63, 3.8) is 0 Å². The largest absolute Gasteiger partial charge is 0.481 e. The van der Waals surface area contributed by atoms with Crippen LogP contribution in [-0.4, -0.2) is 96.9 Å². The molecule has 14 nitrogen and oxygen atoms in total. The van der Waals surface area contributed by atoms with Gasteiger partial charge in [0.2, 0.25) is 0 Å². The summed E-state index contributed by atoms with van der Waals surface area (Å²) in [7, 11) is 0. The molecule has 4 bridgehead atoms. The average molecular weight is 725 g/mol. The first-order valence-electron chi connectivity index (χ1n) is 18.6. The summed E-state index contributed by atoms with van der Waals surface area (Å²) in [5.41, 5.74) is -7.02. The Balaban J connectivity index is 1.06. The number of carbonyl (C=O) groups excluding carboxylic acids is 4. The van der Waals surface area contributed by atoms with Crippen molar-refractivity contribution < 1.29 is 67.4 Å². The normalized spacial score (nSPS) is 44.2. The predicted molar refractivity (Wildman–Crippen MR) is 174 cm³/mol. The Morgan fingerprint density at radius 2 is 0.788 bits per heavy atom. The smallest absolute Gasteiger partial charge is 0.338 e. The van der Waals surface area contributed by atoms with Gasteiger partial charge in [0.05, 0.1) is 24.4 Å². The van der Waals surface area contributed by atoms with E-state index in [0.717, 1.165) is 0 Å². The van der Waals surface area contributed by atoms with Crippen LogP contribution in [0.4, 0.5) is 0 Å². The fourth-order valence-corrected chi connectivity index (χ4v) is 12.1. The summed E-state index contributed by atoms with van der Waals surface area (Å²) in [5, 5.41) is 21.9. The second-order valence-corrected chi connectivity index (χ2v) is 15.5. The number of carboxylic acids is 2. The standard InChI is InChI=1S/C38H44O14/c39-29(51-33(45)37(27-7-3-17-49-27)23-11-9-21(19-23)35(37,31(41)42)25-5-1-15-47-25)13-14-30(40)52-34(46)38(28-8-4-18-50-28)24-12-10-22(20-24)36(38,32(43)44)26-6-2-16-48-26/h9-14,21-28H,1-8,15-20H2,(H,41,42)(H,43,44)/b14-13-. The molecule has 52 heavy (non-hydrogen) atoms. The van der Waals surface area contributed by atoms with Crippen LogP contribution in [0.25, 0.3) is 0 Å². The number of aliphatic carboxylic acids is 2. The number of rotatable bonds is 10. The maximum absolute atomic E-state index is 14.4. The van der Waals surface area contributed by atoms with Gasteiger partial charge < -0.3 is 38.6 Å². The van der Waals surface area contributed by atoms with E-state index in [1.54, 1.807) is 12.2 Å². The zero-order chi connectivity index (χ0) is 36.5. The minimum atomic E-state index is -1.77. The molecule has 4 heterocycles. The molecule has 0 radical (unpaired) electrons. The summed E-state index contributed by atoms with van der Waals surface area (Å²) in [6.07, 6.45) is 9.96. The first kappa shape index (κ1) is 35.3. The molecule has 12 unspecified atom stereocenters. The molecule has 8 aliphatic rings. The number of carboxylic acid groups (broad SMARTS) is 2. The Kier molecular flexibility index (Phi) is 8.83. The minimum Gasteiger partial charge on any atom is -0.481 e. The fourth-order valence-electron chi connectivity index (χ4n) is 12.1. The first-order chi connectivity index (χ1) is 25.1. The molecule has 12 atom stereocenters. The van der Waals surface area contributed by atoms with Gasteiger partial charge in [-0.2, -0.15) is 0 Å². The van der Waals surface area contributed by atoms with Crippen LogP contribution in [0.15, 0.2) is 36.5 Å². The zero-order valence-corrected chi connectivity index (χ0v) is 28.8. The van der Waals surface area contributed by atoms with Crippen molar-refractivity contribution in [2.24, 2.45) is 45.3 Å². The van der Waals surface area contributed by atoms with Crippen LogP contribution in [0.2, 0.25) is 0 Å². The van der Waals surface area contributed by atoms with Gasteiger partial charge in [-0.1, -0.05) is 24.3 Å². The van der Waals surface area contributed by atoms with Crippen LogP contribution in [-0.2, 0) is 57.2 Å². The van der Waals surface area contributed by atoms with Crippen molar-refractivity contribution >= 4 is 35.8 Å². The highest BCUT2D eigenvalue weighted by molar-refractivity contribution is 6.03. The topological polar surface area (TPSA) is 198 Å². The molecule has 0 aromatic carbocycles. The molecule has 0 aromatic heterocycles. The van der Waals surface area contributed by atoms with Crippen LogP contribution in [0.3, 0.4) is 0 Å². The molecule has 4 saturated heterocycles. The molecular weight excluding hydrogens is 680 g/mol. The van der Waals surface area contributed by atoms with Crippen molar-refractivity contribution in [1.29, 1.82) is 0 Å². The number of hydrogen-bond acceptors (Lipinski definition) is 12. The van der Waals surface area contributed by atoms with Gasteiger partial charge in [-0.15, -0.1) is 0 Å². The molecule has 8 rings (SSSR count). The van der Waals surface area contributed by atoms with Crippen LogP contribution in [0.1, 0.15) is 64.2 Å². The fraction of sp³-hybridized carbons (Fsp3) is 0.684. The van der Waals surface area contributed by atoms with E-state index in [9.17, 15) is 39.0 Å². The van der Waals surface area contributed by atoms with Gasteiger partial charge in [-0.25, -0.2) is 9.59 Å². The molecule has 0 amide bonds. The van der Waals surface area contributed by atoms with Gasteiger partial charge in [0, 0.05) is 38.6 Å². The maximum atomic E-state index is 14.4. The predicted octanol–water partition coefficient (Wildman–Crippen LogP) is 2.92. The molecule has 280 valence electrons. The van der Waals surface area contributed by atoms with Crippen molar-refractivity contribution in [2.45, 2.75) is 88.6 Å². The number of hydrogen-bond donors (Lipinski definition) is 2. The van der Waals surface area contributed by atoms with E-state index in [0.29, 0.717) is 103 Å². The van der Waals surface area contributed by atoms with Gasteiger partial charge in [0.15, 0.2) is 0 Å². The van der Waals surface area contributed by atoms with E-state index in [1.807, 2.05) is 12.2 Å². The lowest BCUT2D eigenvalue weighted by molar-refractivity contribution is -0.210. The van der Waals surface area contributed by atoms with Gasteiger partial charge in [-0.05, 0) is 87.9 Å². The SMILES string of the molecule is O=C(/C=C\C(=O)OC(=O)C1(C2CCCO2)C2C=CC(C2)C1(C(=O)O)C1CCCO1)OC(=O)C1(C2CCCO2)C2C=CC(C2)C1(C(=O)O)C1CCCO1. The van der Waals surface area contributed by atoms with Crippen molar-refractivity contribution in [3.05, 3.63) is 36.5 Å². The Morgan fingerprint density at radius 3 is 1.06 bits per heavy atom. The van der Waals surface area contributed by atoms with Crippen LogP contribution >= 0.6 is 0 Å². The lowest BCUT2D eigenvalue weighted by atomic mass is 9.52. The quantitative estimate of drug-likeness (QED) is 0.144. The average Bonchev–Trinajstić information content (AvgIpc) is 3.98. The van der Waals surface area contributed by atoms with Gasteiger partial charge in [0.25, 0.3) is 0 Å². The number of ether oxygens (including phenoxy) is 6. The van der Waals surface area contributed by atoms with E-state index in [-0.39, 0.29) is 0 Å². The van der Waals surface area contributed by atoms with Crippen molar-refractivity contribution in [3.8, 4) is 0 Å². The number of fused-ring (bicyclic) bond motifs is 4. The highest BCUT2D eigenvalue weighted by Crippen LogP contribution is 2.71. The van der Waals surface area contributed by atoms with Gasteiger partial charge in [0.1, 0.15) is 21.7 Å². The molecule has 14 heteroatoms. The lowest BCUT2D eigenvalue weighted by Gasteiger charge is -2.51. The second kappa shape index (κ2) is 13.0. The molecule has 0 spiro atoms. The lowest BCUT2D eigenvalue weighted by Crippen LogP contribution is -2.66. The summed E-state index contributed by atoms with van der Waals surface area (Å²) >= 11 is 0. The number of carbonyl (C=O) groups is 6. The molecule has 6 fully saturated rings. The van der Waals surface area contributed by atoms with Crippen LogP contribution in [0, 0.1) is 45.3 Å². The molecule has 4 aliphatic heterocycles. The second-order valence-electron chi connectivity index (χ2n) is 15.5.